The van der Waals surface area contributed by atoms with Crippen LogP contribution in [0.2, 0.25) is 0 Å². The van der Waals surface area contributed by atoms with E-state index in [9.17, 15) is 9.59 Å². The van der Waals surface area contributed by atoms with Gasteiger partial charge in [-0.1, -0.05) is 33.8 Å². The Morgan fingerprint density at radius 2 is 1.76 bits per heavy atom. The minimum absolute atomic E-state index is 0. The SMILES string of the molecule is C=C(C)C(=O)OCCCC.CC(C)C(=O)O.N. The highest BCUT2D eigenvalue weighted by Crippen LogP contribution is 1.94. The quantitative estimate of drug-likeness (QED) is 0.442. The first-order valence-corrected chi connectivity index (χ1v) is 5.38. The molecule has 0 aliphatic carbocycles. The summed E-state index contributed by atoms with van der Waals surface area (Å²) in [5, 5.41) is 7.99. The molecule has 0 aromatic rings. The van der Waals surface area contributed by atoms with Crippen molar-refractivity contribution in [2.24, 2.45) is 5.92 Å². The maximum absolute atomic E-state index is 10.7. The average Bonchev–Trinajstić information content (AvgIpc) is 2.18. The number of rotatable bonds is 5. The monoisotopic (exact) mass is 247 g/mol. The summed E-state index contributed by atoms with van der Waals surface area (Å²) in [5.74, 6) is -1.26. The first-order chi connectivity index (χ1) is 7.32. The van der Waals surface area contributed by atoms with E-state index >= 15 is 0 Å². The van der Waals surface area contributed by atoms with Crippen molar-refractivity contribution >= 4 is 11.9 Å². The van der Waals surface area contributed by atoms with Crippen LogP contribution in [0.15, 0.2) is 12.2 Å². The lowest BCUT2D eigenvalue weighted by atomic mass is 10.2. The number of hydrogen-bond donors (Lipinski definition) is 2. The molecule has 0 heterocycles. The zero-order valence-electron chi connectivity index (χ0n) is 11.3. The average molecular weight is 247 g/mol. The summed E-state index contributed by atoms with van der Waals surface area (Å²) >= 11 is 0. The van der Waals surface area contributed by atoms with Crippen LogP contribution in [0.4, 0.5) is 0 Å². The normalized spacial score (nSPS) is 8.53. The Morgan fingerprint density at radius 3 is 2.00 bits per heavy atom. The summed E-state index contributed by atoms with van der Waals surface area (Å²) in [4.78, 5) is 20.4. The summed E-state index contributed by atoms with van der Waals surface area (Å²) in [7, 11) is 0. The van der Waals surface area contributed by atoms with Crippen molar-refractivity contribution in [2.45, 2.75) is 40.5 Å². The lowest BCUT2D eigenvalue weighted by Gasteiger charge is -2.01. The van der Waals surface area contributed by atoms with E-state index in [1.807, 2.05) is 0 Å². The van der Waals surface area contributed by atoms with Gasteiger partial charge in [-0.05, 0) is 13.3 Å². The molecule has 0 unspecified atom stereocenters. The van der Waals surface area contributed by atoms with E-state index in [1.54, 1.807) is 20.8 Å². The second-order valence-electron chi connectivity index (χ2n) is 3.76. The van der Waals surface area contributed by atoms with E-state index in [2.05, 4.69) is 13.5 Å². The van der Waals surface area contributed by atoms with Crippen molar-refractivity contribution < 1.29 is 19.4 Å². The molecule has 102 valence electrons. The fourth-order valence-corrected chi connectivity index (χ4v) is 0.432. The van der Waals surface area contributed by atoms with Gasteiger partial charge >= 0.3 is 11.9 Å². The molecule has 0 aromatic heterocycles. The van der Waals surface area contributed by atoms with E-state index < -0.39 is 5.97 Å². The largest absolute Gasteiger partial charge is 0.481 e. The first kappa shape index (κ1) is 21.0. The van der Waals surface area contributed by atoms with Crippen LogP contribution in [0, 0.1) is 5.92 Å². The van der Waals surface area contributed by atoms with Crippen LogP contribution in [-0.4, -0.2) is 23.7 Å². The molecule has 0 aliphatic heterocycles. The van der Waals surface area contributed by atoms with Gasteiger partial charge < -0.3 is 16.0 Å². The molecule has 0 amide bonds. The second-order valence-corrected chi connectivity index (χ2v) is 3.76. The van der Waals surface area contributed by atoms with Crippen LogP contribution in [0.25, 0.3) is 0 Å². The number of aliphatic carboxylic acids is 1. The van der Waals surface area contributed by atoms with Gasteiger partial charge in [0.2, 0.25) is 0 Å². The zero-order valence-corrected chi connectivity index (χ0v) is 11.3. The Morgan fingerprint density at radius 1 is 1.35 bits per heavy atom. The molecule has 0 bridgehead atoms. The topological polar surface area (TPSA) is 98.6 Å². The fourth-order valence-electron chi connectivity index (χ4n) is 0.432. The Balaban J connectivity index is -0.000000244. The number of carboxylic acid groups (broad SMARTS) is 1. The Hall–Kier alpha value is -1.36. The van der Waals surface area contributed by atoms with E-state index in [4.69, 9.17) is 9.84 Å². The third-order valence-electron chi connectivity index (χ3n) is 1.57. The third-order valence-corrected chi connectivity index (χ3v) is 1.57. The predicted octanol–water partition coefficient (Wildman–Crippen LogP) is 2.79. The van der Waals surface area contributed by atoms with E-state index in [-0.39, 0.29) is 18.0 Å². The molecule has 0 rings (SSSR count). The minimum atomic E-state index is -0.741. The van der Waals surface area contributed by atoms with Gasteiger partial charge in [-0.15, -0.1) is 0 Å². The Labute approximate surface area is 103 Å². The standard InChI is InChI=1S/C8H14O2.C4H8O2.H3N/c1-4-5-6-10-8(9)7(2)3;1-3(2)4(5)6;/h2,4-6H2,1,3H3;3H,1-2H3,(H,5,6);1H3. The molecule has 0 fully saturated rings. The summed E-state index contributed by atoms with van der Waals surface area (Å²) in [6.45, 7) is 11.0. The molecule has 0 atom stereocenters. The number of hydrogen-bond acceptors (Lipinski definition) is 4. The predicted molar refractivity (Wildman–Crippen MR) is 68.2 cm³/mol. The molecule has 0 radical (unpaired) electrons. The van der Waals surface area contributed by atoms with Crippen LogP contribution < -0.4 is 6.15 Å². The van der Waals surface area contributed by atoms with Crippen LogP contribution in [0.3, 0.4) is 0 Å². The van der Waals surface area contributed by atoms with Crippen molar-refractivity contribution in [1.82, 2.24) is 6.15 Å². The van der Waals surface area contributed by atoms with Crippen molar-refractivity contribution in [3.8, 4) is 0 Å². The zero-order chi connectivity index (χ0) is 13.1. The fraction of sp³-hybridized carbons (Fsp3) is 0.667. The van der Waals surface area contributed by atoms with Gasteiger partial charge in [0.1, 0.15) is 0 Å². The number of carbonyl (C=O) groups excluding carboxylic acids is 1. The molecule has 5 heteroatoms. The molecule has 5 nitrogen and oxygen atoms in total. The number of unbranched alkanes of at least 4 members (excludes halogenated alkanes) is 1. The van der Waals surface area contributed by atoms with Crippen LogP contribution >= 0.6 is 0 Å². The van der Waals surface area contributed by atoms with E-state index in [0.717, 1.165) is 12.8 Å². The highest BCUT2D eigenvalue weighted by molar-refractivity contribution is 5.86. The number of carbonyl (C=O) groups is 2. The van der Waals surface area contributed by atoms with Gasteiger partial charge in [0.25, 0.3) is 0 Å². The Kier molecular flexibility index (Phi) is 15.7. The van der Waals surface area contributed by atoms with E-state index in [0.29, 0.717) is 12.2 Å². The second kappa shape index (κ2) is 12.7. The molecule has 0 spiro atoms. The number of carboxylic acids is 1. The molecule has 4 N–H and O–H groups in total. The van der Waals surface area contributed by atoms with Gasteiger partial charge in [-0.3, -0.25) is 4.79 Å². The maximum atomic E-state index is 10.7. The summed E-state index contributed by atoms with van der Waals surface area (Å²) < 4.78 is 4.81. The van der Waals surface area contributed by atoms with Crippen molar-refractivity contribution in [3.63, 3.8) is 0 Å². The third kappa shape index (κ3) is 17.3. The van der Waals surface area contributed by atoms with E-state index in [1.165, 1.54) is 0 Å². The van der Waals surface area contributed by atoms with Gasteiger partial charge in [0.15, 0.2) is 0 Å². The van der Waals surface area contributed by atoms with Crippen LogP contribution in [-0.2, 0) is 14.3 Å². The number of esters is 1. The van der Waals surface area contributed by atoms with Gasteiger partial charge in [-0.25, -0.2) is 4.79 Å². The molecular formula is C12H25NO4. The molecule has 17 heavy (non-hydrogen) atoms. The molecule has 0 aromatic carbocycles. The van der Waals surface area contributed by atoms with Gasteiger partial charge in [0, 0.05) is 5.57 Å². The molecular weight excluding hydrogens is 222 g/mol. The van der Waals surface area contributed by atoms with Crippen LogP contribution in [0.1, 0.15) is 40.5 Å². The highest BCUT2D eigenvalue weighted by atomic mass is 16.5. The Bertz CT molecular complexity index is 237. The summed E-state index contributed by atoms with van der Waals surface area (Å²) in [6, 6.07) is 0. The molecule has 0 saturated heterocycles. The van der Waals surface area contributed by atoms with Crippen LogP contribution in [0.5, 0.6) is 0 Å². The van der Waals surface area contributed by atoms with Crippen molar-refractivity contribution in [2.75, 3.05) is 6.61 Å². The minimum Gasteiger partial charge on any atom is -0.481 e. The van der Waals surface area contributed by atoms with Gasteiger partial charge in [-0.2, -0.15) is 0 Å². The van der Waals surface area contributed by atoms with Crippen molar-refractivity contribution in [3.05, 3.63) is 12.2 Å². The summed E-state index contributed by atoms with van der Waals surface area (Å²) in [5.41, 5.74) is 0.469. The van der Waals surface area contributed by atoms with Crippen molar-refractivity contribution in [1.29, 1.82) is 0 Å². The smallest absolute Gasteiger partial charge is 0.333 e. The first-order valence-electron chi connectivity index (χ1n) is 5.38. The highest BCUT2D eigenvalue weighted by Gasteiger charge is 2.00. The lowest BCUT2D eigenvalue weighted by molar-refractivity contribution is -0.140. The summed E-state index contributed by atoms with van der Waals surface area (Å²) in [6.07, 6.45) is 1.97. The lowest BCUT2D eigenvalue weighted by Crippen LogP contribution is -2.05. The number of ether oxygens (including phenoxy) is 1. The molecule has 0 saturated carbocycles. The molecule has 0 aliphatic rings. The maximum Gasteiger partial charge on any atom is 0.333 e. The van der Waals surface area contributed by atoms with Gasteiger partial charge in [0.05, 0.1) is 12.5 Å².